The van der Waals surface area contributed by atoms with Gasteiger partial charge < -0.3 is 16.0 Å². The zero-order chi connectivity index (χ0) is 27.8. The molecule has 0 aliphatic heterocycles. The van der Waals surface area contributed by atoms with E-state index in [1.165, 1.54) is 34.9 Å². The monoisotopic (exact) mass is 546 g/mol. The molecule has 3 aromatic heterocycles. The van der Waals surface area contributed by atoms with Crippen molar-refractivity contribution in [2.24, 2.45) is 18.0 Å². The highest BCUT2D eigenvalue weighted by molar-refractivity contribution is 8.15. The number of aryl methyl sites for hydroxylation is 1. The number of hydrogen-bond acceptors (Lipinski definition) is 8. The van der Waals surface area contributed by atoms with Gasteiger partial charge in [-0.3, -0.25) is 19.3 Å². The van der Waals surface area contributed by atoms with Crippen LogP contribution in [0, 0.1) is 5.92 Å². The lowest BCUT2D eigenvalue weighted by Crippen LogP contribution is -2.27. The minimum absolute atomic E-state index is 0.130. The summed E-state index contributed by atoms with van der Waals surface area (Å²) < 4.78 is 1.49. The van der Waals surface area contributed by atoms with Crippen molar-refractivity contribution in [1.29, 1.82) is 0 Å². The van der Waals surface area contributed by atoms with Crippen molar-refractivity contribution in [1.82, 2.24) is 25.1 Å². The summed E-state index contributed by atoms with van der Waals surface area (Å²) in [5.41, 5.74) is 5.09. The van der Waals surface area contributed by atoms with Gasteiger partial charge in [0, 0.05) is 50.0 Å². The van der Waals surface area contributed by atoms with Gasteiger partial charge in [0.2, 0.25) is 0 Å². The number of allylic oxidation sites excluding steroid dienone is 1. The lowest BCUT2D eigenvalue weighted by atomic mass is 10.1. The van der Waals surface area contributed by atoms with E-state index in [2.05, 4.69) is 42.9 Å². The summed E-state index contributed by atoms with van der Waals surface area (Å²) in [5.74, 6) is 0.700. The van der Waals surface area contributed by atoms with Crippen LogP contribution >= 0.6 is 11.8 Å². The molecule has 0 bridgehead atoms. The van der Waals surface area contributed by atoms with Crippen molar-refractivity contribution in [3.05, 3.63) is 64.6 Å². The maximum absolute atomic E-state index is 13.2. The van der Waals surface area contributed by atoms with Crippen LogP contribution in [0.25, 0.3) is 11.3 Å². The van der Waals surface area contributed by atoms with Crippen molar-refractivity contribution < 1.29 is 9.59 Å². The van der Waals surface area contributed by atoms with Gasteiger partial charge >= 0.3 is 0 Å². The Labute approximate surface area is 232 Å². The van der Waals surface area contributed by atoms with Crippen LogP contribution < -0.4 is 16.0 Å². The van der Waals surface area contributed by atoms with Gasteiger partial charge in [-0.1, -0.05) is 30.3 Å². The fourth-order valence-corrected chi connectivity index (χ4v) is 4.50. The second-order valence-electron chi connectivity index (χ2n) is 9.40. The van der Waals surface area contributed by atoms with Crippen LogP contribution in [0.3, 0.4) is 0 Å². The molecule has 1 aliphatic carbocycles. The maximum atomic E-state index is 13.2. The van der Waals surface area contributed by atoms with Gasteiger partial charge in [-0.2, -0.15) is 5.10 Å². The van der Waals surface area contributed by atoms with Crippen LogP contribution in [-0.4, -0.2) is 57.2 Å². The van der Waals surface area contributed by atoms with Gasteiger partial charge in [0.05, 0.1) is 16.9 Å². The maximum Gasteiger partial charge on any atom is 0.274 e. The highest BCUT2D eigenvalue weighted by Gasteiger charge is 2.21. The number of aromatic nitrogens is 4. The second-order valence-corrected chi connectivity index (χ2v) is 10.3. The number of thioether (sulfide) groups is 1. The number of amides is 2. The Kier molecular flexibility index (Phi) is 9.48. The lowest BCUT2D eigenvalue weighted by Gasteiger charge is -2.11. The summed E-state index contributed by atoms with van der Waals surface area (Å²) in [6.45, 7) is 5.35. The molecule has 1 saturated carbocycles. The molecular weight excluding hydrogens is 512 g/mol. The molecule has 10 nitrogen and oxygen atoms in total. The number of rotatable bonds is 12. The highest BCUT2D eigenvalue weighted by Crippen LogP contribution is 2.29. The number of aliphatic imine (C=N–C) groups is 1. The molecule has 3 aromatic rings. The van der Waals surface area contributed by atoms with Crippen molar-refractivity contribution in [2.45, 2.75) is 33.1 Å². The van der Waals surface area contributed by atoms with E-state index >= 15 is 0 Å². The van der Waals surface area contributed by atoms with Crippen LogP contribution in [0.2, 0.25) is 0 Å². The van der Waals surface area contributed by atoms with Crippen LogP contribution in [0.1, 0.15) is 54.1 Å². The molecule has 0 aromatic carbocycles. The molecule has 0 spiro atoms. The molecule has 1 aliphatic rings. The number of pyridine rings is 2. The predicted octanol–water partition coefficient (Wildman–Crippen LogP) is 4.76. The van der Waals surface area contributed by atoms with Gasteiger partial charge in [-0.05, 0) is 56.4 Å². The Balaban J connectivity index is 1.46. The summed E-state index contributed by atoms with van der Waals surface area (Å²) in [6, 6.07) is 9.07. The van der Waals surface area contributed by atoms with E-state index in [9.17, 15) is 9.59 Å². The van der Waals surface area contributed by atoms with E-state index in [1.807, 2.05) is 25.1 Å². The Morgan fingerprint density at radius 2 is 2.05 bits per heavy atom. The van der Waals surface area contributed by atoms with Crippen LogP contribution in [0.5, 0.6) is 0 Å². The molecule has 0 atom stereocenters. The molecule has 0 saturated heterocycles. The van der Waals surface area contributed by atoms with Crippen molar-refractivity contribution in [2.75, 3.05) is 30.8 Å². The average molecular weight is 547 g/mol. The minimum atomic E-state index is -0.433. The SMILES string of the molecule is CC/C(C)=C(/CNC(=O)c1nn(C)cc1NC(=O)c1cccc(-c2ccnc(NCC3CC3)c2)n1)S/C=N\C. The lowest BCUT2D eigenvalue weighted by molar-refractivity contribution is 0.0953. The molecule has 0 radical (unpaired) electrons. The van der Waals surface area contributed by atoms with Gasteiger partial charge in [0.15, 0.2) is 5.69 Å². The van der Waals surface area contributed by atoms with Crippen LogP contribution in [-0.2, 0) is 7.05 Å². The molecule has 4 rings (SSSR count). The minimum Gasteiger partial charge on any atom is -0.370 e. The topological polar surface area (TPSA) is 126 Å². The highest BCUT2D eigenvalue weighted by atomic mass is 32.2. The fourth-order valence-electron chi connectivity index (χ4n) is 3.76. The Hall–Kier alpha value is -3.99. The standard InChI is InChI=1S/C28H34N8O2S/c1-5-18(2)24(39-17-29-3)15-32-28(38)26-23(16-36(4)35-26)34-27(37)22-8-6-7-21(33-22)20-11-12-30-25(13-20)31-14-19-9-10-19/h6-8,11-13,16-17,19H,5,9-10,14-15H2,1-4H3,(H,30,31)(H,32,38)(H,34,37)/b24-18-,29-17-. The average Bonchev–Trinajstić information content (AvgIpc) is 3.72. The molecule has 39 heavy (non-hydrogen) atoms. The first-order valence-corrected chi connectivity index (χ1v) is 13.8. The fraction of sp³-hybridized carbons (Fsp3) is 0.357. The van der Waals surface area contributed by atoms with Crippen molar-refractivity contribution in [3.8, 4) is 11.3 Å². The molecule has 1 fully saturated rings. The molecule has 2 amide bonds. The number of nitrogens with zero attached hydrogens (tertiary/aromatic N) is 5. The third kappa shape index (κ3) is 7.76. The summed E-state index contributed by atoms with van der Waals surface area (Å²) in [7, 11) is 3.41. The molecule has 11 heteroatoms. The zero-order valence-corrected chi connectivity index (χ0v) is 23.5. The molecule has 3 N–H and O–H groups in total. The normalized spacial score (nSPS) is 13.7. The first-order chi connectivity index (χ1) is 18.9. The van der Waals surface area contributed by atoms with Crippen LogP contribution in [0.15, 0.2) is 58.2 Å². The smallest absolute Gasteiger partial charge is 0.274 e. The molecule has 3 heterocycles. The number of carbonyl (C=O) groups is 2. The number of anilines is 2. The van der Waals surface area contributed by atoms with Gasteiger partial charge in [0.25, 0.3) is 11.8 Å². The Bertz CT molecular complexity index is 1390. The zero-order valence-electron chi connectivity index (χ0n) is 22.7. The third-order valence-electron chi connectivity index (χ3n) is 6.31. The van der Waals surface area contributed by atoms with E-state index in [4.69, 9.17) is 0 Å². The first-order valence-electron chi connectivity index (χ1n) is 12.9. The number of nitrogens with one attached hydrogen (secondary N) is 3. The van der Waals surface area contributed by atoms with Crippen LogP contribution in [0.4, 0.5) is 11.5 Å². The van der Waals surface area contributed by atoms with E-state index in [0.29, 0.717) is 17.9 Å². The van der Waals surface area contributed by atoms with Gasteiger partial charge in [0.1, 0.15) is 11.5 Å². The van der Waals surface area contributed by atoms with Gasteiger partial charge in [-0.25, -0.2) is 9.97 Å². The number of carbonyl (C=O) groups excluding carboxylic acids is 2. The van der Waals surface area contributed by atoms with E-state index < -0.39 is 5.91 Å². The van der Waals surface area contributed by atoms with E-state index in [0.717, 1.165) is 35.2 Å². The molecule has 0 unspecified atom stereocenters. The summed E-state index contributed by atoms with van der Waals surface area (Å²) in [4.78, 5) is 40.2. The second kappa shape index (κ2) is 13.2. The number of hydrogen-bond donors (Lipinski definition) is 3. The third-order valence-corrected chi connectivity index (χ3v) is 7.41. The largest absolute Gasteiger partial charge is 0.370 e. The quantitative estimate of drug-likeness (QED) is 0.221. The Morgan fingerprint density at radius 3 is 2.79 bits per heavy atom. The summed E-state index contributed by atoms with van der Waals surface area (Å²) in [6.07, 6.45) is 6.72. The van der Waals surface area contributed by atoms with Crippen molar-refractivity contribution >= 4 is 40.6 Å². The van der Waals surface area contributed by atoms with Gasteiger partial charge in [-0.15, -0.1) is 0 Å². The molecule has 204 valence electrons. The van der Waals surface area contributed by atoms with E-state index in [-0.39, 0.29) is 17.3 Å². The first kappa shape index (κ1) is 28.0. The molecular formula is C28H34N8O2S. The summed E-state index contributed by atoms with van der Waals surface area (Å²) in [5, 5.41) is 13.4. The van der Waals surface area contributed by atoms with Crippen molar-refractivity contribution in [3.63, 3.8) is 0 Å². The summed E-state index contributed by atoms with van der Waals surface area (Å²) >= 11 is 1.48. The predicted molar refractivity (Wildman–Crippen MR) is 157 cm³/mol. The Morgan fingerprint density at radius 1 is 1.23 bits per heavy atom. The van der Waals surface area contributed by atoms with E-state index in [1.54, 1.807) is 44.2 Å².